The number of carbonyl (C=O) groups excluding carboxylic acids is 1. The van der Waals surface area contributed by atoms with Crippen LogP contribution in [-0.2, 0) is 14.3 Å². The molecule has 19 heavy (non-hydrogen) atoms. The van der Waals surface area contributed by atoms with Crippen molar-refractivity contribution in [1.29, 1.82) is 0 Å². The summed E-state index contributed by atoms with van der Waals surface area (Å²) in [6, 6.07) is 0. The lowest BCUT2D eigenvalue weighted by Gasteiger charge is -2.29. The molecule has 5 heteroatoms. The number of hydrogen-bond donors (Lipinski definition) is 2. The maximum absolute atomic E-state index is 11.7. The highest BCUT2D eigenvalue weighted by Crippen LogP contribution is 2.40. The molecule has 0 bridgehead atoms. The van der Waals surface area contributed by atoms with Gasteiger partial charge in [-0.1, -0.05) is 12.8 Å². The number of nitrogens with one attached hydrogen (secondary N) is 2. The molecule has 1 rings (SSSR count). The highest BCUT2D eigenvalue weighted by Gasteiger charge is 2.33. The van der Waals surface area contributed by atoms with E-state index in [1.807, 2.05) is 0 Å². The standard InChI is InChI=1S/C14H28N2O3/c1-18-9-7-14(5-3-4-6-14)12-16-13(17)11-15-8-10-19-2/h15H,3-12H2,1-2H3,(H,16,17). The lowest BCUT2D eigenvalue weighted by Crippen LogP contribution is -2.41. The van der Waals surface area contributed by atoms with E-state index in [0.29, 0.717) is 19.7 Å². The van der Waals surface area contributed by atoms with Crippen LogP contribution in [0.3, 0.4) is 0 Å². The lowest BCUT2D eigenvalue weighted by atomic mass is 9.83. The minimum absolute atomic E-state index is 0.0693. The minimum Gasteiger partial charge on any atom is -0.385 e. The molecule has 0 aromatic rings. The summed E-state index contributed by atoms with van der Waals surface area (Å²) in [5, 5.41) is 6.11. The summed E-state index contributed by atoms with van der Waals surface area (Å²) >= 11 is 0. The Balaban J connectivity index is 2.21. The topological polar surface area (TPSA) is 59.6 Å². The SMILES string of the molecule is COCCNCC(=O)NCC1(CCOC)CCCC1. The van der Waals surface area contributed by atoms with Crippen molar-refractivity contribution >= 4 is 5.91 Å². The Morgan fingerprint density at radius 3 is 2.47 bits per heavy atom. The van der Waals surface area contributed by atoms with Gasteiger partial charge in [0.2, 0.25) is 5.91 Å². The van der Waals surface area contributed by atoms with Crippen molar-refractivity contribution in [2.75, 3.05) is 47.1 Å². The van der Waals surface area contributed by atoms with Crippen LogP contribution in [0.15, 0.2) is 0 Å². The zero-order valence-corrected chi connectivity index (χ0v) is 12.3. The quantitative estimate of drug-likeness (QED) is 0.581. The van der Waals surface area contributed by atoms with E-state index >= 15 is 0 Å². The van der Waals surface area contributed by atoms with Gasteiger partial charge in [0.25, 0.3) is 0 Å². The molecule has 2 N–H and O–H groups in total. The molecule has 112 valence electrons. The highest BCUT2D eigenvalue weighted by atomic mass is 16.5. The molecule has 0 aromatic heterocycles. The lowest BCUT2D eigenvalue weighted by molar-refractivity contribution is -0.120. The Labute approximate surface area is 116 Å². The molecule has 1 saturated carbocycles. The van der Waals surface area contributed by atoms with Crippen LogP contribution < -0.4 is 10.6 Å². The van der Waals surface area contributed by atoms with Crippen molar-refractivity contribution < 1.29 is 14.3 Å². The smallest absolute Gasteiger partial charge is 0.233 e. The third kappa shape index (κ3) is 6.36. The first-order valence-electron chi connectivity index (χ1n) is 7.18. The summed E-state index contributed by atoms with van der Waals surface area (Å²) in [4.78, 5) is 11.7. The van der Waals surface area contributed by atoms with E-state index in [1.165, 1.54) is 25.7 Å². The van der Waals surface area contributed by atoms with Gasteiger partial charge in [-0.25, -0.2) is 0 Å². The van der Waals surface area contributed by atoms with E-state index in [9.17, 15) is 4.79 Å². The van der Waals surface area contributed by atoms with Crippen LogP contribution >= 0.6 is 0 Å². The first-order chi connectivity index (χ1) is 9.22. The normalized spacial score (nSPS) is 17.6. The zero-order chi connectivity index (χ0) is 14.0. The molecule has 0 aromatic carbocycles. The van der Waals surface area contributed by atoms with Gasteiger partial charge >= 0.3 is 0 Å². The minimum atomic E-state index is 0.0693. The monoisotopic (exact) mass is 272 g/mol. The van der Waals surface area contributed by atoms with Crippen molar-refractivity contribution in [2.45, 2.75) is 32.1 Å². The van der Waals surface area contributed by atoms with Crippen molar-refractivity contribution in [3.8, 4) is 0 Å². The number of hydrogen-bond acceptors (Lipinski definition) is 4. The van der Waals surface area contributed by atoms with Crippen LogP contribution in [0, 0.1) is 5.41 Å². The molecule has 1 aliphatic carbocycles. The molecule has 0 saturated heterocycles. The third-order valence-electron chi connectivity index (χ3n) is 3.93. The largest absolute Gasteiger partial charge is 0.385 e. The average molecular weight is 272 g/mol. The van der Waals surface area contributed by atoms with E-state index in [4.69, 9.17) is 9.47 Å². The van der Waals surface area contributed by atoms with Crippen molar-refractivity contribution in [2.24, 2.45) is 5.41 Å². The van der Waals surface area contributed by atoms with Crippen LogP contribution in [0.25, 0.3) is 0 Å². The van der Waals surface area contributed by atoms with E-state index in [1.54, 1.807) is 14.2 Å². The summed E-state index contributed by atoms with van der Waals surface area (Å²) in [5.41, 5.74) is 0.262. The molecule has 1 amide bonds. The van der Waals surface area contributed by atoms with E-state index in [-0.39, 0.29) is 11.3 Å². The predicted molar refractivity (Wildman–Crippen MR) is 75.1 cm³/mol. The summed E-state index contributed by atoms with van der Waals surface area (Å²) in [5.74, 6) is 0.0693. The highest BCUT2D eigenvalue weighted by molar-refractivity contribution is 5.78. The average Bonchev–Trinajstić information content (AvgIpc) is 2.88. The molecular formula is C14H28N2O3. The van der Waals surface area contributed by atoms with Gasteiger partial charge < -0.3 is 20.1 Å². The number of amides is 1. The predicted octanol–water partition coefficient (Wildman–Crippen LogP) is 0.935. The molecule has 1 fully saturated rings. The van der Waals surface area contributed by atoms with Gasteiger partial charge in [0, 0.05) is 33.9 Å². The molecule has 5 nitrogen and oxygen atoms in total. The van der Waals surface area contributed by atoms with Crippen LogP contribution in [0.2, 0.25) is 0 Å². The number of rotatable bonds is 10. The molecule has 0 heterocycles. The fraction of sp³-hybridized carbons (Fsp3) is 0.929. The first-order valence-corrected chi connectivity index (χ1v) is 7.18. The summed E-state index contributed by atoms with van der Waals surface area (Å²) in [6.07, 6.45) is 5.99. The van der Waals surface area contributed by atoms with Gasteiger partial charge in [-0.05, 0) is 24.7 Å². The number of ether oxygens (including phenoxy) is 2. The second-order valence-electron chi connectivity index (χ2n) is 5.40. The Bertz CT molecular complexity index is 253. The second-order valence-corrected chi connectivity index (χ2v) is 5.40. The Morgan fingerprint density at radius 1 is 1.16 bits per heavy atom. The van der Waals surface area contributed by atoms with Crippen molar-refractivity contribution in [3.05, 3.63) is 0 Å². The van der Waals surface area contributed by atoms with Gasteiger partial charge in [0.15, 0.2) is 0 Å². The Morgan fingerprint density at radius 2 is 1.84 bits per heavy atom. The zero-order valence-electron chi connectivity index (χ0n) is 12.3. The maximum Gasteiger partial charge on any atom is 0.233 e. The molecule has 0 radical (unpaired) electrons. The molecule has 0 spiro atoms. The van der Waals surface area contributed by atoms with Gasteiger partial charge in [-0.15, -0.1) is 0 Å². The molecule has 0 aliphatic heterocycles. The van der Waals surface area contributed by atoms with Crippen LogP contribution in [0.4, 0.5) is 0 Å². The fourth-order valence-corrected chi connectivity index (χ4v) is 2.68. The third-order valence-corrected chi connectivity index (χ3v) is 3.93. The van der Waals surface area contributed by atoms with Crippen LogP contribution in [0.1, 0.15) is 32.1 Å². The second kappa shape index (κ2) is 9.28. The first kappa shape index (κ1) is 16.4. The van der Waals surface area contributed by atoms with Gasteiger partial charge in [0.05, 0.1) is 13.2 Å². The molecule has 0 atom stereocenters. The van der Waals surface area contributed by atoms with Crippen molar-refractivity contribution in [3.63, 3.8) is 0 Å². The summed E-state index contributed by atoms with van der Waals surface area (Å²) in [7, 11) is 3.39. The fourth-order valence-electron chi connectivity index (χ4n) is 2.68. The molecular weight excluding hydrogens is 244 g/mol. The van der Waals surface area contributed by atoms with Crippen molar-refractivity contribution in [1.82, 2.24) is 10.6 Å². The molecule has 1 aliphatic rings. The van der Waals surface area contributed by atoms with E-state index in [2.05, 4.69) is 10.6 Å². The Hall–Kier alpha value is -0.650. The van der Waals surface area contributed by atoms with Crippen LogP contribution in [0.5, 0.6) is 0 Å². The van der Waals surface area contributed by atoms with Gasteiger partial charge in [0.1, 0.15) is 0 Å². The van der Waals surface area contributed by atoms with Gasteiger partial charge in [-0.2, -0.15) is 0 Å². The van der Waals surface area contributed by atoms with E-state index < -0.39 is 0 Å². The van der Waals surface area contributed by atoms with Gasteiger partial charge in [-0.3, -0.25) is 4.79 Å². The van der Waals surface area contributed by atoms with Crippen LogP contribution in [-0.4, -0.2) is 53.0 Å². The number of carbonyl (C=O) groups is 1. The number of methoxy groups -OCH3 is 2. The summed E-state index contributed by atoms with van der Waals surface area (Å²) < 4.78 is 10.1. The maximum atomic E-state index is 11.7. The summed E-state index contributed by atoms with van der Waals surface area (Å²) in [6.45, 7) is 3.26. The van der Waals surface area contributed by atoms with E-state index in [0.717, 1.165) is 19.6 Å². The molecule has 0 unspecified atom stereocenters. The Kier molecular flexibility index (Phi) is 8.02.